The van der Waals surface area contributed by atoms with Crippen LogP contribution in [0.15, 0.2) is 0 Å². The molecule has 0 spiro atoms. The van der Waals surface area contributed by atoms with E-state index in [1.165, 1.54) is 0 Å². The number of carbonyl (C=O) groups excluding carboxylic acids is 1. The summed E-state index contributed by atoms with van der Waals surface area (Å²) in [5.74, 6) is 0.399. The first kappa shape index (κ1) is 12.5. The molecule has 1 atom stereocenters. The maximum absolute atomic E-state index is 11.9. The van der Waals surface area contributed by atoms with Crippen LogP contribution >= 0.6 is 0 Å². The van der Waals surface area contributed by atoms with E-state index < -0.39 is 0 Å². The fourth-order valence-electron chi connectivity index (χ4n) is 2.20. The minimum atomic E-state index is -0.0523. The van der Waals surface area contributed by atoms with Crippen LogP contribution in [0.4, 0.5) is 0 Å². The predicted molar refractivity (Wildman–Crippen MR) is 62.7 cm³/mol. The van der Waals surface area contributed by atoms with Crippen molar-refractivity contribution in [2.45, 2.75) is 52.0 Å². The molecule has 1 rings (SSSR count). The molecule has 88 valence electrons. The Morgan fingerprint density at radius 2 is 2.27 bits per heavy atom. The van der Waals surface area contributed by atoms with Gasteiger partial charge in [-0.1, -0.05) is 13.3 Å². The summed E-state index contributed by atoms with van der Waals surface area (Å²) in [7, 11) is 0. The summed E-state index contributed by atoms with van der Waals surface area (Å²) in [4.78, 5) is 11.9. The molecule has 0 aromatic heterocycles. The number of nitrogens with one attached hydrogen (secondary N) is 2. The van der Waals surface area contributed by atoms with Gasteiger partial charge in [0, 0.05) is 12.1 Å². The molecule has 0 aliphatic carbocycles. The lowest BCUT2D eigenvalue weighted by molar-refractivity contribution is -0.127. The second kappa shape index (κ2) is 5.50. The Kier molecular flexibility index (Phi) is 4.58. The lowest BCUT2D eigenvalue weighted by Crippen LogP contribution is -2.49. The van der Waals surface area contributed by atoms with Crippen LogP contribution < -0.4 is 10.6 Å². The zero-order valence-electron chi connectivity index (χ0n) is 10.2. The van der Waals surface area contributed by atoms with Crippen molar-refractivity contribution >= 4 is 5.91 Å². The van der Waals surface area contributed by atoms with Crippen LogP contribution in [0.2, 0.25) is 0 Å². The van der Waals surface area contributed by atoms with E-state index in [2.05, 4.69) is 31.4 Å². The SMILES string of the molecule is CCCC(C)(C)NC(=O)[C@H]1CCCNC1. The zero-order valence-corrected chi connectivity index (χ0v) is 10.2. The first-order chi connectivity index (χ1) is 7.05. The Bertz CT molecular complexity index is 208. The summed E-state index contributed by atoms with van der Waals surface area (Å²) in [6, 6.07) is 0. The minimum Gasteiger partial charge on any atom is -0.351 e. The Labute approximate surface area is 93.0 Å². The third-order valence-electron chi connectivity index (χ3n) is 3.00. The maximum Gasteiger partial charge on any atom is 0.224 e. The molecule has 15 heavy (non-hydrogen) atoms. The van der Waals surface area contributed by atoms with E-state index in [1.807, 2.05) is 0 Å². The van der Waals surface area contributed by atoms with Crippen LogP contribution in [0.25, 0.3) is 0 Å². The number of carbonyl (C=O) groups is 1. The highest BCUT2D eigenvalue weighted by atomic mass is 16.2. The molecule has 1 heterocycles. The summed E-state index contributed by atoms with van der Waals surface area (Å²) in [5, 5.41) is 6.42. The number of piperidine rings is 1. The molecule has 1 aliphatic heterocycles. The van der Waals surface area contributed by atoms with Gasteiger partial charge in [0.25, 0.3) is 0 Å². The summed E-state index contributed by atoms with van der Waals surface area (Å²) < 4.78 is 0. The molecular weight excluding hydrogens is 188 g/mol. The van der Waals surface area contributed by atoms with E-state index in [0.29, 0.717) is 0 Å². The Hall–Kier alpha value is -0.570. The van der Waals surface area contributed by atoms with Gasteiger partial charge in [0.2, 0.25) is 5.91 Å². The van der Waals surface area contributed by atoms with Crippen molar-refractivity contribution in [1.82, 2.24) is 10.6 Å². The first-order valence-electron chi connectivity index (χ1n) is 6.08. The normalized spacial score (nSPS) is 22.5. The van der Waals surface area contributed by atoms with Crippen molar-refractivity contribution in [3.63, 3.8) is 0 Å². The third kappa shape index (κ3) is 4.20. The quantitative estimate of drug-likeness (QED) is 0.744. The van der Waals surface area contributed by atoms with Gasteiger partial charge in [-0.05, 0) is 39.7 Å². The van der Waals surface area contributed by atoms with Crippen LogP contribution in [0.3, 0.4) is 0 Å². The molecule has 1 aliphatic rings. The van der Waals surface area contributed by atoms with Crippen molar-refractivity contribution in [1.29, 1.82) is 0 Å². The fraction of sp³-hybridized carbons (Fsp3) is 0.917. The van der Waals surface area contributed by atoms with Crippen molar-refractivity contribution in [3.8, 4) is 0 Å². The van der Waals surface area contributed by atoms with Crippen LogP contribution in [-0.4, -0.2) is 24.5 Å². The number of hydrogen-bond donors (Lipinski definition) is 2. The molecule has 0 saturated carbocycles. The van der Waals surface area contributed by atoms with Crippen molar-refractivity contribution in [3.05, 3.63) is 0 Å². The summed E-state index contributed by atoms with van der Waals surface area (Å²) in [6.07, 6.45) is 4.29. The number of amides is 1. The van der Waals surface area contributed by atoms with Crippen LogP contribution in [0.5, 0.6) is 0 Å². The van der Waals surface area contributed by atoms with Gasteiger partial charge in [-0.2, -0.15) is 0 Å². The fourth-order valence-corrected chi connectivity index (χ4v) is 2.20. The molecule has 0 radical (unpaired) electrons. The maximum atomic E-state index is 11.9. The van der Waals surface area contributed by atoms with Gasteiger partial charge in [-0.15, -0.1) is 0 Å². The lowest BCUT2D eigenvalue weighted by atomic mass is 9.94. The first-order valence-corrected chi connectivity index (χ1v) is 6.08. The molecule has 1 fully saturated rings. The zero-order chi connectivity index (χ0) is 11.3. The summed E-state index contributed by atoms with van der Waals surface area (Å²) in [5.41, 5.74) is -0.0523. The third-order valence-corrected chi connectivity index (χ3v) is 3.00. The van der Waals surface area contributed by atoms with Crippen LogP contribution in [0, 0.1) is 5.92 Å². The van der Waals surface area contributed by atoms with E-state index in [1.54, 1.807) is 0 Å². The van der Waals surface area contributed by atoms with E-state index in [0.717, 1.165) is 38.8 Å². The molecular formula is C12H24N2O. The number of hydrogen-bond acceptors (Lipinski definition) is 2. The molecule has 0 aromatic carbocycles. The molecule has 0 unspecified atom stereocenters. The Morgan fingerprint density at radius 1 is 1.53 bits per heavy atom. The van der Waals surface area contributed by atoms with Gasteiger partial charge in [0.15, 0.2) is 0 Å². The number of rotatable bonds is 4. The molecule has 0 aromatic rings. The summed E-state index contributed by atoms with van der Waals surface area (Å²) >= 11 is 0. The highest BCUT2D eigenvalue weighted by Crippen LogP contribution is 2.15. The summed E-state index contributed by atoms with van der Waals surface area (Å²) in [6.45, 7) is 8.25. The van der Waals surface area contributed by atoms with E-state index >= 15 is 0 Å². The van der Waals surface area contributed by atoms with Gasteiger partial charge in [-0.3, -0.25) is 4.79 Å². The standard InChI is InChI=1S/C12H24N2O/c1-4-7-12(2,3)14-11(15)10-6-5-8-13-9-10/h10,13H,4-9H2,1-3H3,(H,14,15)/t10-/m0/s1. The molecule has 1 amide bonds. The average molecular weight is 212 g/mol. The highest BCUT2D eigenvalue weighted by molar-refractivity contribution is 5.79. The Balaban J connectivity index is 2.39. The van der Waals surface area contributed by atoms with Crippen LogP contribution in [-0.2, 0) is 4.79 Å². The van der Waals surface area contributed by atoms with Crippen molar-refractivity contribution < 1.29 is 4.79 Å². The van der Waals surface area contributed by atoms with Gasteiger partial charge in [0.1, 0.15) is 0 Å². The van der Waals surface area contributed by atoms with Gasteiger partial charge >= 0.3 is 0 Å². The minimum absolute atomic E-state index is 0.0523. The molecule has 3 nitrogen and oxygen atoms in total. The van der Waals surface area contributed by atoms with Crippen molar-refractivity contribution in [2.24, 2.45) is 5.92 Å². The van der Waals surface area contributed by atoms with E-state index in [9.17, 15) is 4.79 Å². The van der Waals surface area contributed by atoms with Gasteiger partial charge in [-0.25, -0.2) is 0 Å². The van der Waals surface area contributed by atoms with E-state index in [4.69, 9.17) is 0 Å². The second-order valence-corrected chi connectivity index (χ2v) is 5.17. The second-order valence-electron chi connectivity index (χ2n) is 5.17. The smallest absolute Gasteiger partial charge is 0.224 e. The average Bonchev–Trinajstić information content (AvgIpc) is 2.18. The van der Waals surface area contributed by atoms with Crippen molar-refractivity contribution in [2.75, 3.05) is 13.1 Å². The van der Waals surface area contributed by atoms with Crippen LogP contribution in [0.1, 0.15) is 46.5 Å². The topological polar surface area (TPSA) is 41.1 Å². The molecule has 1 saturated heterocycles. The molecule has 0 bridgehead atoms. The predicted octanol–water partition coefficient (Wildman–Crippen LogP) is 1.68. The Morgan fingerprint density at radius 3 is 2.80 bits per heavy atom. The molecule has 2 N–H and O–H groups in total. The largest absolute Gasteiger partial charge is 0.351 e. The van der Waals surface area contributed by atoms with Gasteiger partial charge < -0.3 is 10.6 Å². The highest BCUT2D eigenvalue weighted by Gasteiger charge is 2.26. The van der Waals surface area contributed by atoms with E-state index in [-0.39, 0.29) is 17.4 Å². The lowest BCUT2D eigenvalue weighted by Gasteiger charge is -2.30. The monoisotopic (exact) mass is 212 g/mol. The van der Waals surface area contributed by atoms with Gasteiger partial charge in [0.05, 0.1) is 5.92 Å². The molecule has 3 heteroatoms.